The number of benzene rings is 1. The minimum atomic E-state index is -3.24. The molecule has 102 valence electrons. The smallest absolute Gasteiger partial charge is 0.229 e. The van der Waals surface area contributed by atoms with Gasteiger partial charge in [0.1, 0.15) is 0 Å². The molecule has 0 aliphatic rings. The van der Waals surface area contributed by atoms with E-state index in [1.54, 1.807) is 18.2 Å². The molecule has 0 unspecified atom stereocenters. The van der Waals surface area contributed by atoms with Gasteiger partial charge in [-0.25, -0.2) is 8.42 Å². The molecule has 0 aliphatic heterocycles. The quantitative estimate of drug-likeness (QED) is 0.880. The van der Waals surface area contributed by atoms with Gasteiger partial charge in [-0.05, 0) is 30.3 Å². The van der Waals surface area contributed by atoms with Gasteiger partial charge in [-0.3, -0.25) is 4.72 Å². The van der Waals surface area contributed by atoms with Crippen molar-refractivity contribution in [2.24, 2.45) is 7.05 Å². The lowest BCUT2D eigenvalue weighted by atomic mass is 10.3. The second kappa shape index (κ2) is 5.36. The first-order valence-electron chi connectivity index (χ1n) is 5.86. The van der Waals surface area contributed by atoms with Crippen LogP contribution in [0.25, 0.3) is 0 Å². The summed E-state index contributed by atoms with van der Waals surface area (Å²) in [6.07, 6.45) is 3.12. The molecular weight excluding hydrogens is 262 g/mol. The van der Waals surface area contributed by atoms with Crippen molar-refractivity contribution in [1.82, 2.24) is 4.57 Å². The molecule has 0 saturated heterocycles. The van der Waals surface area contributed by atoms with Crippen molar-refractivity contribution in [2.45, 2.75) is 6.54 Å². The highest BCUT2D eigenvalue weighted by molar-refractivity contribution is 7.92. The summed E-state index contributed by atoms with van der Waals surface area (Å²) in [5.41, 5.74) is 2.58. The molecule has 0 aliphatic carbocycles. The molecule has 0 fully saturated rings. The zero-order valence-corrected chi connectivity index (χ0v) is 11.7. The summed E-state index contributed by atoms with van der Waals surface area (Å²) >= 11 is 0. The third-order valence-electron chi connectivity index (χ3n) is 2.69. The Hall–Kier alpha value is -1.95. The maximum atomic E-state index is 11.2. The molecule has 6 heteroatoms. The van der Waals surface area contributed by atoms with Crippen molar-refractivity contribution in [1.29, 1.82) is 0 Å². The predicted octanol–water partition coefficient (Wildman–Crippen LogP) is 2.01. The van der Waals surface area contributed by atoms with E-state index in [0.29, 0.717) is 12.2 Å². The highest BCUT2D eigenvalue weighted by Gasteiger charge is 2.03. The van der Waals surface area contributed by atoms with Gasteiger partial charge >= 0.3 is 0 Å². The molecule has 2 N–H and O–H groups in total. The molecule has 0 spiro atoms. The van der Waals surface area contributed by atoms with Crippen LogP contribution in [0.2, 0.25) is 0 Å². The lowest BCUT2D eigenvalue weighted by Crippen LogP contribution is -2.10. The van der Waals surface area contributed by atoms with Crippen LogP contribution in [0.5, 0.6) is 0 Å². The summed E-state index contributed by atoms with van der Waals surface area (Å²) in [5, 5.41) is 3.26. The number of hydrogen-bond donors (Lipinski definition) is 2. The molecule has 0 saturated carbocycles. The average molecular weight is 279 g/mol. The van der Waals surface area contributed by atoms with Crippen LogP contribution in [0.3, 0.4) is 0 Å². The fraction of sp³-hybridized carbons (Fsp3) is 0.231. The average Bonchev–Trinajstić information content (AvgIpc) is 2.70. The SMILES string of the molecule is Cn1cccc1CNc1cccc(NS(C)(=O)=O)c1. The normalized spacial score (nSPS) is 11.3. The van der Waals surface area contributed by atoms with E-state index in [-0.39, 0.29) is 0 Å². The number of sulfonamides is 1. The summed E-state index contributed by atoms with van der Waals surface area (Å²) in [6, 6.07) is 11.2. The molecule has 19 heavy (non-hydrogen) atoms. The summed E-state index contributed by atoms with van der Waals surface area (Å²) in [5.74, 6) is 0. The Labute approximate surface area is 113 Å². The lowest BCUT2D eigenvalue weighted by molar-refractivity contribution is 0.607. The van der Waals surface area contributed by atoms with Gasteiger partial charge in [0.05, 0.1) is 18.5 Å². The van der Waals surface area contributed by atoms with Crippen LogP contribution in [0, 0.1) is 0 Å². The maximum Gasteiger partial charge on any atom is 0.229 e. The Kier molecular flexibility index (Phi) is 3.80. The second-order valence-electron chi connectivity index (χ2n) is 4.42. The van der Waals surface area contributed by atoms with E-state index in [9.17, 15) is 8.42 Å². The van der Waals surface area contributed by atoms with Crippen LogP contribution in [0.4, 0.5) is 11.4 Å². The largest absolute Gasteiger partial charge is 0.379 e. The van der Waals surface area contributed by atoms with E-state index in [1.165, 1.54) is 0 Å². The lowest BCUT2D eigenvalue weighted by Gasteiger charge is -2.10. The standard InChI is InChI=1S/C13H17N3O2S/c1-16-8-4-7-13(16)10-14-11-5-3-6-12(9-11)15-19(2,17)18/h3-9,14-15H,10H2,1-2H3. The molecule has 0 radical (unpaired) electrons. The van der Waals surface area contributed by atoms with Crippen molar-refractivity contribution in [3.63, 3.8) is 0 Å². The summed E-state index contributed by atoms with van der Waals surface area (Å²) in [7, 11) is -1.26. The van der Waals surface area contributed by atoms with Gasteiger partial charge in [0, 0.05) is 24.6 Å². The third-order valence-corrected chi connectivity index (χ3v) is 3.30. The molecule has 1 aromatic carbocycles. The second-order valence-corrected chi connectivity index (χ2v) is 6.17. The van der Waals surface area contributed by atoms with Crippen molar-refractivity contribution in [3.05, 3.63) is 48.3 Å². The number of nitrogens with one attached hydrogen (secondary N) is 2. The molecule has 0 bridgehead atoms. The maximum absolute atomic E-state index is 11.2. The van der Waals surface area contributed by atoms with Gasteiger partial charge in [-0.2, -0.15) is 0 Å². The molecule has 5 nitrogen and oxygen atoms in total. The zero-order valence-electron chi connectivity index (χ0n) is 10.9. The number of anilines is 2. The van der Waals surface area contributed by atoms with Crippen LogP contribution in [-0.4, -0.2) is 19.2 Å². The van der Waals surface area contributed by atoms with E-state index in [0.717, 1.165) is 17.6 Å². The Bertz CT molecular complexity index is 662. The van der Waals surface area contributed by atoms with E-state index in [1.807, 2.05) is 36.0 Å². The minimum absolute atomic E-state index is 0.555. The van der Waals surface area contributed by atoms with Crippen molar-refractivity contribution < 1.29 is 8.42 Å². The van der Waals surface area contributed by atoms with Crippen molar-refractivity contribution in [2.75, 3.05) is 16.3 Å². The third kappa shape index (κ3) is 4.03. The fourth-order valence-corrected chi connectivity index (χ4v) is 2.33. The van der Waals surface area contributed by atoms with Crippen LogP contribution in [0.1, 0.15) is 5.69 Å². The Morgan fingerprint density at radius 1 is 1.16 bits per heavy atom. The van der Waals surface area contributed by atoms with Crippen molar-refractivity contribution in [3.8, 4) is 0 Å². The zero-order chi connectivity index (χ0) is 13.9. The first kappa shape index (κ1) is 13.5. The van der Waals surface area contributed by atoms with E-state index < -0.39 is 10.0 Å². The summed E-state index contributed by atoms with van der Waals surface area (Å²) < 4.78 is 26.8. The van der Waals surface area contributed by atoms with E-state index in [4.69, 9.17) is 0 Å². The highest BCUT2D eigenvalue weighted by Crippen LogP contribution is 2.16. The number of aryl methyl sites for hydroxylation is 1. The number of hydrogen-bond acceptors (Lipinski definition) is 3. The minimum Gasteiger partial charge on any atom is -0.379 e. The summed E-state index contributed by atoms with van der Waals surface area (Å²) in [4.78, 5) is 0. The van der Waals surface area contributed by atoms with Gasteiger partial charge in [-0.15, -0.1) is 0 Å². The Morgan fingerprint density at radius 2 is 1.89 bits per heavy atom. The van der Waals surface area contributed by atoms with Crippen LogP contribution < -0.4 is 10.0 Å². The highest BCUT2D eigenvalue weighted by atomic mass is 32.2. The molecule has 0 amide bonds. The van der Waals surface area contributed by atoms with E-state index in [2.05, 4.69) is 10.0 Å². The molecule has 2 aromatic rings. The Morgan fingerprint density at radius 3 is 2.53 bits per heavy atom. The topological polar surface area (TPSA) is 63.1 Å². The van der Waals surface area contributed by atoms with Crippen molar-refractivity contribution >= 4 is 21.4 Å². The van der Waals surface area contributed by atoms with Gasteiger partial charge < -0.3 is 9.88 Å². The monoisotopic (exact) mass is 279 g/mol. The van der Waals surface area contributed by atoms with Gasteiger partial charge in [0.2, 0.25) is 10.0 Å². The number of rotatable bonds is 5. The van der Waals surface area contributed by atoms with Crippen LogP contribution >= 0.6 is 0 Å². The molecular formula is C13H17N3O2S. The fourth-order valence-electron chi connectivity index (χ4n) is 1.78. The van der Waals surface area contributed by atoms with Crippen LogP contribution in [0.15, 0.2) is 42.6 Å². The first-order valence-corrected chi connectivity index (χ1v) is 7.75. The Balaban J connectivity index is 2.05. The van der Waals surface area contributed by atoms with Gasteiger partial charge in [0.25, 0.3) is 0 Å². The van der Waals surface area contributed by atoms with Gasteiger partial charge in [-0.1, -0.05) is 6.07 Å². The molecule has 2 rings (SSSR count). The molecule has 1 aromatic heterocycles. The first-order chi connectivity index (χ1) is 8.94. The van der Waals surface area contributed by atoms with Gasteiger partial charge in [0.15, 0.2) is 0 Å². The number of aromatic nitrogens is 1. The van der Waals surface area contributed by atoms with Crippen LogP contribution in [-0.2, 0) is 23.6 Å². The number of nitrogens with zero attached hydrogens (tertiary/aromatic N) is 1. The van der Waals surface area contributed by atoms with E-state index >= 15 is 0 Å². The molecule has 0 atom stereocenters. The summed E-state index contributed by atoms with van der Waals surface area (Å²) in [6.45, 7) is 0.686. The molecule has 1 heterocycles. The predicted molar refractivity (Wildman–Crippen MR) is 77.6 cm³/mol.